The molecule has 0 saturated carbocycles. The van der Waals surface area contributed by atoms with Crippen molar-refractivity contribution in [1.82, 2.24) is 10.6 Å². The van der Waals surface area contributed by atoms with Crippen molar-refractivity contribution in [2.75, 3.05) is 39.3 Å². The van der Waals surface area contributed by atoms with Gasteiger partial charge in [-0.05, 0) is 45.7 Å². The maximum atomic E-state index is 6.02. The minimum atomic E-state index is 0.347. The monoisotopic (exact) mass is 508 g/mol. The zero-order chi connectivity index (χ0) is 26.4. The number of unbranched alkanes of at least 4 members (excludes halogenated alkanes) is 4. The lowest BCUT2D eigenvalue weighted by Gasteiger charge is -2.29. The summed E-state index contributed by atoms with van der Waals surface area (Å²) < 4.78 is 11.9. The van der Waals surface area contributed by atoms with Gasteiger partial charge in [0.2, 0.25) is 0 Å². The highest BCUT2D eigenvalue weighted by Crippen LogP contribution is 2.21. The van der Waals surface area contributed by atoms with E-state index >= 15 is 0 Å². The lowest BCUT2D eigenvalue weighted by atomic mass is 9.96. The topological polar surface area (TPSA) is 67.2 Å². The molecular weight excluding hydrogens is 448 g/mol. The van der Waals surface area contributed by atoms with Crippen molar-refractivity contribution < 1.29 is 9.47 Å². The van der Waals surface area contributed by atoms with Gasteiger partial charge in [0.05, 0.1) is 0 Å². The van der Waals surface area contributed by atoms with Crippen LogP contribution in [0.5, 0.6) is 0 Å². The molecule has 4 unspecified atom stereocenters. The Morgan fingerprint density at radius 1 is 0.667 bits per heavy atom. The van der Waals surface area contributed by atoms with Crippen LogP contribution in [0.3, 0.4) is 0 Å². The first-order valence-corrected chi connectivity index (χ1v) is 15.4. The van der Waals surface area contributed by atoms with Crippen molar-refractivity contribution in [3.63, 3.8) is 0 Å². The first-order valence-electron chi connectivity index (χ1n) is 15.4. The fraction of sp³-hybridized carbons (Fsp3) is 0.933. The number of hydrogen-bond donors (Lipinski definition) is 2. The summed E-state index contributed by atoms with van der Waals surface area (Å²) in [4.78, 5) is 9.13. The number of aliphatic imine (C=N–C) groups is 2. The summed E-state index contributed by atoms with van der Waals surface area (Å²) in [5.41, 5.74) is 0. The van der Waals surface area contributed by atoms with Crippen LogP contribution in [0.4, 0.5) is 0 Å². The third-order valence-electron chi connectivity index (χ3n) is 7.18. The van der Waals surface area contributed by atoms with E-state index in [1.165, 1.54) is 64.2 Å². The van der Waals surface area contributed by atoms with E-state index in [9.17, 15) is 0 Å². The molecule has 2 N–H and O–H groups in total. The average Bonchev–Trinajstić information content (AvgIpc) is 2.88. The molecule has 2 heterocycles. The van der Waals surface area contributed by atoms with Crippen LogP contribution in [-0.4, -0.2) is 63.3 Å². The molecule has 0 amide bonds. The molecular formula is C30H60N4O2. The van der Waals surface area contributed by atoms with E-state index in [1.54, 1.807) is 0 Å². The molecule has 36 heavy (non-hydrogen) atoms. The van der Waals surface area contributed by atoms with E-state index in [0.29, 0.717) is 24.0 Å². The van der Waals surface area contributed by atoms with Crippen LogP contribution in [0.15, 0.2) is 9.98 Å². The normalized spacial score (nSPS) is 23.6. The lowest BCUT2D eigenvalue weighted by Crippen LogP contribution is -2.33. The molecule has 2 rings (SSSR count). The standard InChI is InChI=1S/2C15H30N2O/c1-4-6-8-14-12-17-15(18-13(14)3)9-11-16-10-7-5-2;1-4-6-8-14-13(3)12-17-15(18-14)9-11-16-10-7-5-2/h2*13-14,16H,4-12H2,1-3H3. The van der Waals surface area contributed by atoms with Crippen molar-refractivity contribution in [3.8, 4) is 0 Å². The van der Waals surface area contributed by atoms with Gasteiger partial charge in [-0.15, -0.1) is 0 Å². The molecule has 2 aliphatic heterocycles. The fourth-order valence-electron chi connectivity index (χ4n) is 4.47. The molecule has 0 aromatic rings. The van der Waals surface area contributed by atoms with Crippen molar-refractivity contribution >= 4 is 11.8 Å². The van der Waals surface area contributed by atoms with Crippen LogP contribution in [0.25, 0.3) is 0 Å². The van der Waals surface area contributed by atoms with Crippen molar-refractivity contribution in [3.05, 3.63) is 0 Å². The number of nitrogens with zero attached hydrogens (tertiary/aromatic N) is 2. The summed E-state index contributed by atoms with van der Waals surface area (Å²) in [5, 5.41) is 6.88. The van der Waals surface area contributed by atoms with Crippen molar-refractivity contribution in [2.45, 2.75) is 131 Å². The van der Waals surface area contributed by atoms with Crippen LogP contribution in [0, 0.1) is 11.8 Å². The van der Waals surface area contributed by atoms with Gasteiger partial charge in [-0.1, -0.05) is 73.1 Å². The van der Waals surface area contributed by atoms with E-state index in [-0.39, 0.29) is 0 Å². The van der Waals surface area contributed by atoms with Gasteiger partial charge in [-0.3, -0.25) is 9.98 Å². The summed E-state index contributed by atoms with van der Waals surface area (Å²) >= 11 is 0. The molecule has 6 heteroatoms. The quantitative estimate of drug-likeness (QED) is 0.200. The highest BCUT2D eigenvalue weighted by molar-refractivity contribution is 5.77. The molecule has 4 atom stereocenters. The number of rotatable bonds is 18. The first kappa shape index (κ1) is 32.9. The third-order valence-corrected chi connectivity index (χ3v) is 7.18. The maximum absolute atomic E-state index is 6.02. The van der Waals surface area contributed by atoms with Gasteiger partial charge >= 0.3 is 0 Å². The fourth-order valence-corrected chi connectivity index (χ4v) is 4.47. The minimum absolute atomic E-state index is 0.347. The molecule has 0 saturated heterocycles. The second kappa shape index (κ2) is 21.9. The third kappa shape index (κ3) is 15.2. The average molecular weight is 509 g/mol. The lowest BCUT2D eigenvalue weighted by molar-refractivity contribution is 0.102. The second-order valence-electron chi connectivity index (χ2n) is 10.7. The van der Waals surface area contributed by atoms with Gasteiger partial charge in [0.25, 0.3) is 0 Å². The Kier molecular flexibility index (Phi) is 20.0. The summed E-state index contributed by atoms with van der Waals surface area (Å²) in [5.74, 6) is 3.13. The Bertz CT molecular complexity index is 581. The second-order valence-corrected chi connectivity index (χ2v) is 10.7. The molecule has 0 aliphatic carbocycles. The van der Waals surface area contributed by atoms with Crippen LogP contribution in [0.1, 0.15) is 119 Å². The number of hydrogen-bond acceptors (Lipinski definition) is 6. The van der Waals surface area contributed by atoms with Crippen molar-refractivity contribution in [2.24, 2.45) is 21.8 Å². The molecule has 0 fully saturated rings. The molecule has 0 bridgehead atoms. The van der Waals surface area contributed by atoms with Crippen molar-refractivity contribution in [1.29, 1.82) is 0 Å². The van der Waals surface area contributed by atoms with E-state index in [1.807, 2.05) is 0 Å². The SMILES string of the molecule is CCCCNCCC1=NCC(C)C(CCCC)O1.CCCCNCCC1=NCC(CCCC)C(C)O1. The predicted octanol–water partition coefficient (Wildman–Crippen LogP) is 6.78. The zero-order valence-electron chi connectivity index (χ0n) is 24.7. The molecule has 0 spiro atoms. The van der Waals surface area contributed by atoms with Gasteiger partial charge in [0.15, 0.2) is 11.8 Å². The van der Waals surface area contributed by atoms with E-state index in [2.05, 4.69) is 62.2 Å². The van der Waals surface area contributed by atoms with Gasteiger partial charge < -0.3 is 20.1 Å². The van der Waals surface area contributed by atoms with Gasteiger partial charge in [-0.25, -0.2) is 0 Å². The Morgan fingerprint density at radius 3 is 1.75 bits per heavy atom. The smallest absolute Gasteiger partial charge is 0.184 e. The number of ether oxygens (including phenoxy) is 2. The molecule has 0 aromatic carbocycles. The highest BCUT2D eigenvalue weighted by Gasteiger charge is 2.24. The number of nitrogens with one attached hydrogen (secondary N) is 2. The van der Waals surface area contributed by atoms with Crippen LogP contribution >= 0.6 is 0 Å². The summed E-state index contributed by atoms with van der Waals surface area (Å²) in [6.07, 6.45) is 15.1. The van der Waals surface area contributed by atoms with Crippen LogP contribution in [-0.2, 0) is 9.47 Å². The zero-order valence-corrected chi connectivity index (χ0v) is 24.7. The first-order chi connectivity index (χ1) is 17.5. The largest absolute Gasteiger partial charge is 0.478 e. The van der Waals surface area contributed by atoms with Gasteiger partial charge in [0, 0.05) is 50.9 Å². The van der Waals surface area contributed by atoms with Crippen LogP contribution < -0.4 is 10.6 Å². The van der Waals surface area contributed by atoms with E-state index < -0.39 is 0 Å². The Labute approximate surface area is 223 Å². The molecule has 2 aliphatic rings. The Morgan fingerprint density at radius 2 is 1.19 bits per heavy atom. The molecule has 212 valence electrons. The Balaban J connectivity index is 0.000000360. The molecule has 0 radical (unpaired) electrons. The molecule has 0 aromatic heterocycles. The van der Waals surface area contributed by atoms with E-state index in [0.717, 1.165) is 63.9 Å². The van der Waals surface area contributed by atoms with Gasteiger partial charge in [-0.2, -0.15) is 0 Å². The van der Waals surface area contributed by atoms with E-state index in [4.69, 9.17) is 9.47 Å². The summed E-state index contributed by atoms with van der Waals surface area (Å²) in [6.45, 7) is 19.5. The highest BCUT2D eigenvalue weighted by atomic mass is 16.5. The van der Waals surface area contributed by atoms with Gasteiger partial charge in [0.1, 0.15) is 12.2 Å². The molecule has 6 nitrogen and oxygen atoms in total. The summed E-state index contributed by atoms with van der Waals surface area (Å²) in [7, 11) is 0. The Hall–Kier alpha value is -1.14. The van der Waals surface area contributed by atoms with Crippen LogP contribution in [0.2, 0.25) is 0 Å². The predicted molar refractivity (Wildman–Crippen MR) is 157 cm³/mol. The maximum Gasteiger partial charge on any atom is 0.184 e. The minimum Gasteiger partial charge on any atom is -0.478 e. The summed E-state index contributed by atoms with van der Waals surface area (Å²) in [6, 6.07) is 0.